The van der Waals surface area contributed by atoms with Crippen LogP contribution in [0.2, 0.25) is 0 Å². The molecule has 1 unspecified atom stereocenters. The van der Waals surface area contributed by atoms with Gasteiger partial charge < -0.3 is 15.4 Å². The second-order valence-corrected chi connectivity index (χ2v) is 7.77. The maximum Gasteiger partial charge on any atom is 0.239 e. The number of ether oxygens (including phenoxy) is 1. The fourth-order valence-electron chi connectivity index (χ4n) is 4.05. The summed E-state index contributed by atoms with van der Waals surface area (Å²) in [7, 11) is 0. The van der Waals surface area contributed by atoms with Crippen LogP contribution in [-0.4, -0.2) is 43.2 Å². The van der Waals surface area contributed by atoms with E-state index in [1.807, 2.05) is 4.90 Å². The highest BCUT2D eigenvalue weighted by Crippen LogP contribution is 2.25. The summed E-state index contributed by atoms with van der Waals surface area (Å²) in [5, 5.41) is 0. The van der Waals surface area contributed by atoms with Crippen molar-refractivity contribution in [2.24, 2.45) is 17.6 Å². The van der Waals surface area contributed by atoms with Crippen LogP contribution in [0.1, 0.15) is 43.2 Å². The van der Waals surface area contributed by atoms with E-state index < -0.39 is 0 Å². The monoisotopic (exact) mass is 344 g/mol. The number of aryl methyl sites for hydroxylation is 2. The standard InChI is InChI=1S/C21H32N2O2/c1-16-2-4-17(5-3-16)6-7-18-8-12-23(13-9-18)21(24)20(22)19-10-14-25-15-11-19/h2-5,18-20H,6-15,22H2,1H3. The van der Waals surface area contributed by atoms with Gasteiger partial charge in [0.2, 0.25) is 5.91 Å². The van der Waals surface area contributed by atoms with E-state index in [9.17, 15) is 4.79 Å². The first-order valence-corrected chi connectivity index (χ1v) is 9.81. The summed E-state index contributed by atoms with van der Waals surface area (Å²) in [6.07, 6.45) is 6.41. The summed E-state index contributed by atoms with van der Waals surface area (Å²) in [4.78, 5) is 14.7. The van der Waals surface area contributed by atoms with Crippen LogP contribution in [0.15, 0.2) is 24.3 Å². The molecule has 138 valence electrons. The number of nitrogens with zero attached hydrogens (tertiary/aromatic N) is 1. The molecule has 1 atom stereocenters. The van der Waals surface area contributed by atoms with Crippen LogP contribution in [0, 0.1) is 18.8 Å². The molecule has 0 aliphatic carbocycles. The van der Waals surface area contributed by atoms with Crippen LogP contribution in [0.25, 0.3) is 0 Å². The van der Waals surface area contributed by atoms with Crippen LogP contribution in [0.3, 0.4) is 0 Å². The molecule has 1 amide bonds. The highest BCUT2D eigenvalue weighted by molar-refractivity contribution is 5.82. The number of rotatable bonds is 5. The van der Waals surface area contributed by atoms with Crippen molar-refractivity contribution in [2.45, 2.75) is 51.5 Å². The Labute approximate surface area is 151 Å². The summed E-state index contributed by atoms with van der Waals surface area (Å²) in [6.45, 7) is 5.35. The van der Waals surface area contributed by atoms with Gasteiger partial charge in [0.15, 0.2) is 0 Å². The second kappa shape index (κ2) is 8.81. The zero-order chi connectivity index (χ0) is 17.6. The molecule has 4 heteroatoms. The molecule has 3 rings (SSSR count). The summed E-state index contributed by atoms with van der Waals surface area (Å²) in [6, 6.07) is 8.51. The minimum Gasteiger partial charge on any atom is -0.381 e. The van der Waals surface area contributed by atoms with Crippen molar-refractivity contribution in [3.8, 4) is 0 Å². The van der Waals surface area contributed by atoms with Crippen molar-refractivity contribution in [3.05, 3.63) is 35.4 Å². The number of carbonyl (C=O) groups excluding carboxylic acids is 1. The van der Waals surface area contributed by atoms with Gasteiger partial charge in [-0.1, -0.05) is 29.8 Å². The van der Waals surface area contributed by atoms with Crippen molar-refractivity contribution in [1.82, 2.24) is 4.90 Å². The molecule has 0 bridgehead atoms. The molecule has 2 heterocycles. The van der Waals surface area contributed by atoms with Crippen molar-refractivity contribution in [3.63, 3.8) is 0 Å². The van der Waals surface area contributed by atoms with Gasteiger partial charge in [0.1, 0.15) is 0 Å². The van der Waals surface area contributed by atoms with E-state index in [1.54, 1.807) is 0 Å². The SMILES string of the molecule is Cc1ccc(CCC2CCN(C(=O)C(N)C3CCOCC3)CC2)cc1. The zero-order valence-electron chi connectivity index (χ0n) is 15.5. The zero-order valence-corrected chi connectivity index (χ0v) is 15.5. The van der Waals surface area contributed by atoms with Crippen molar-refractivity contribution < 1.29 is 9.53 Å². The van der Waals surface area contributed by atoms with E-state index in [4.69, 9.17) is 10.5 Å². The Bertz CT molecular complexity index is 544. The van der Waals surface area contributed by atoms with Crippen molar-refractivity contribution in [1.29, 1.82) is 0 Å². The first kappa shape index (κ1) is 18.4. The number of piperidine rings is 1. The quantitative estimate of drug-likeness (QED) is 0.893. The van der Waals surface area contributed by atoms with Gasteiger partial charge in [0.05, 0.1) is 6.04 Å². The molecule has 0 radical (unpaired) electrons. The van der Waals surface area contributed by atoms with Gasteiger partial charge in [0, 0.05) is 26.3 Å². The molecule has 2 aliphatic heterocycles. The van der Waals surface area contributed by atoms with Crippen LogP contribution in [-0.2, 0) is 16.0 Å². The Kier molecular flexibility index (Phi) is 6.49. The van der Waals surface area contributed by atoms with Crippen LogP contribution < -0.4 is 5.73 Å². The fraction of sp³-hybridized carbons (Fsp3) is 0.667. The third-order valence-corrected chi connectivity index (χ3v) is 5.95. The van der Waals surface area contributed by atoms with Gasteiger partial charge in [-0.2, -0.15) is 0 Å². The van der Waals surface area contributed by atoms with Gasteiger partial charge in [0.25, 0.3) is 0 Å². The molecular formula is C21H32N2O2. The molecule has 1 aromatic rings. The molecule has 0 spiro atoms. The topological polar surface area (TPSA) is 55.6 Å². The minimum atomic E-state index is -0.340. The smallest absolute Gasteiger partial charge is 0.239 e. The number of benzene rings is 1. The summed E-state index contributed by atoms with van der Waals surface area (Å²) >= 11 is 0. The van der Waals surface area contributed by atoms with Crippen molar-refractivity contribution in [2.75, 3.05) is 26.3 Å². The van der Waals surface area contributed by atoms with Gasteiger partial charge in [-0.15, -0.1) is 0 Å². The lowest BCUT2D eigenvalue weighted by Crippen LogP contribution is -2.51. The normalized spacial score (nSPS) is 21.3. The van der Waals surface area contributed by atoms with E-state index in [1.165, 1.54) is 17.5 Å². The van der Waals surface area contributed by atoms with E-state index in [0.29, 0.717) is 5.92 Å². The second-order valence-electron chi connectivity index (χ2n) is 7.77. The molecule has 2 fully saturated rings. The third kappa shape index (κ3) is 5.05. The van der Waals surface area contributed by atoms with E-state index in [2.05, 4.69) is 31.2 Å². The number of carbonyl (C=O) groups is 1. The Hall–Kier alpha value is -1.39. The fourth-order valence-corrected chi connectivity index (χ4v) is 4.05. The van der Waals surface area contributed by atoms with E-state index >= 15 is 0 Å². The summed E-state index contributed by atoms with van der Waals surface area (Å²) in [5.41, 5.74) is 9.00. The number of likely N-dealkylation sites (tertiary alicyclic amines) is 1. The average molecular weight is 344 g/mol. The minimum absolute atomic E-state index is 0.156. The number of hydrogen-bond acceptors (Lipinski definition) is 3. The van der Waals surface area contributed by atoms with Gasteiger partial charge in [-0.3, -0.25) is 4.79 Å². The maximum absolute atomic E-state index is 12.7. The Morgan fingerprint density at radius 3 is 2.44 bits per heavy atom. The first-order valence-electron chi connectivity index (χ1n) is 9.81. The third-order valence-electron chi connectivity index (χ3n) is 5.95. The molecule has 25 heavy (non-hydrogen) atoms. The molecule has 0 aromatic heterocycles. The lowest BCUT2D eigenvalue weighted by Gasteiger charge is -2.36. The first-order chi connectivity index (χ1) is 12.1. The van der Waals surface area contributed by atoms with Crippen LogP contribution in [0.5, 0.6) is 0 Å². The van der Waals surface area contributed by atoms with E-state index in [0.717, 1.165) is 64.3 Å². The molecule has 0 saturated carbocycles. The van der Waals surface area contributed by atoms with Crippen LogP contribution >= 0.6 is 0 Å². The van der Waals surface area contributed by atoms with Gasteiger partial charge in [-0.25, -0.2) is 0 Å². The Balaban J connectivity index is 1.41. The lowest BCUT2D eigenvalue weighted by atomic mass is 9.88. The number of amides is 1. The summed E-state index contributed by atoms with van der Waals surface area (Å²) in [5.74, 6) is 1.18. The molecular weight excluding hydrogens is 312 g/mol. The lowest BCUT2D eigenvalue weighted by molar-refractivity contribution is -0.136. The molecule has 2 N–H and O–H groups in total. The largest absolute Gasteiger partial charge is 0.381 e. The number of hydrogen-bond donors (Lipinski definition) is 1. The molecule has 1 aromatic carbocycles. The predicted octanol–water partition coefficient (Wildman–Crippen LogP) is 2.92. The Morgan fingerprint density at radius 1 is 1.16 bits per heavy atom. The average Bonchev–Trinajstić information content (AvgIpc) is 2.67. The van der Waals surface area contributed by atoms with E-state index in [-0.39, 0.29) is 11.9 Å². The summed E-state index contributed by atoms with van der Waals surface area (Å²) < 4.78 is 5.38. The predicted molar refractivity (Wildman–Crippen MR) is 100 cm³/mol. The highest BCUT2D eigenvalue weighted by atomic mass is 16.5. The van der Waals surface area contributed by atoms with Crippen molar-refractivity contribution >= 4 is 5.91 Å². The van der Waals surface area contributed by atoms with Gasteiger partial charge in [-0.05, 0) is 62.8 Å². The highest BCUT2D eigenvalue weighted by Gasteiger charge is 2.31. The maximum atomic E-state index is 12.7. The Morgan fingerprint density at radius 2 is 1.80 bits per heavy atom. The number of nitrogens with two attached hydrogens (primary N) is 1. The molecule has 2 aliphatic rings. The molecule has 4 nitrogen and oxygen atoms in total. The van der Waals surface area contributed by atoms with Gasteiger partial charge >= 0.3 is 0 Å². The molecule has 2 saturated heterocycles. The van der Waals surface area contributed by atoms with Crippen LogP contribution in [0.4, 0.5) is 0 Å².